The molecule has 0 N–H and O–H groups in total. The lowest BCUT2D eigenvalue weighted by atomic mass is 9.90. The molecule has 0 unspecified atom stereocenters. The highest BCUT2D eigenvalue weighted by molar-refractivity contribution is 7.93. The second kappa shape index (κ2) is 4.67. The Balaban J connectivity index is 1.69. The van der Waals surface area contributed by atoms with Gasteiger partial charge < -0.3 is 9.08 Å². The van der Waals surface area contributed by atoms with Gasteiger partial charge in [-0.15, -0.1) is 0 Å². The summed E-state index contributed by atoms with van der Waals surface area (Å²) in [5.41, 5.74) is 0. The van der Waals surface area contributed by atoms with E-state index in [1.54, 1.807) is 0 Å². The SMILES string of the molecule is CSOC1CCN(C2CCC2)CC1. The first-order chi connectivity index (χ1) is 6.40. The Hall–Kier alpha value is 0.270. The van der Waals surface area contributed by atoms with Gasteiger partial charge in [-0.25, -0.2) is 0 Å². The number of rotatable bonds is 3. The second-order valence-electron chi connectivity index (χ2n) is 4.08. The van der Waals surface area contributed by atoms with Crippen molar-refractivity contribution in [1.29, 1.82) is 0 Å². The highest BCUT2D eigenvalue weighted by Crippen LogP contribution is 2.28. The largest absolute Gasteiger partial charge is 0.312 e. The minimum atomic E-state index is 0.520. The van der Waals surface area contributed by atoms with E-state index in [4.69, 9.17) is 4.18 Å². The Morgan fingerprint density at radius 1 is 1.15 bits per heavy atom. The van der Waals surface area contributed by atoms with Crippen molar-refractivity contribution in [2.45, 2.75) is 44.2 Å². The van der Waals surface area contributed by atoms with Crippen LogP contribution in [0.1, 0.15) is 32.1 Å². The summed E-state index contributed by atoms with van der Waals surface area (Å²) in [6.45, 7) is 2.52. The van der Waals surface area contributed by atoms with E-state index in [-0.39, 0.29) is 0 Å². The summed E-state index contributed by atoms with van der Waals surface area (Å²) >= 11 is 1.52. The Morgan fingerprint density at radius 3 is 2.31 bits per heavy atom. The van der Waals surface area contributed by atoms with Crippen molar-refractivity contribution in [3.63, 3.8) is 0 Å². The van der Waals surface area contributed by atoms with Gasteiger partial charge in [0.15, 0.2) is 0 Å². The van der Waals surface area contributed by atoms with Gasteiger partial charge in [0, 0.05) is 25.4 Å². The zero-order chi connectivity index (χ0) is 9.10. The number of hydrogen-bond acceptors (Lipinski definition) is 3. The molecule has 1 saturated heterocycles. The van der Waals surface area contributed by atoms with Crippen LogP contribution in [0, 0.1) is 0 Å². The first-order valence-corrected chi connectivity index (χ1v) is 6.48. The summed E-state index contributed by atoms with van der Waals surface area (Å²) in [4.78, 5) is 2.66. The molecule has 1 aliphatic heterocycles. The van der Waals surface area contributed by atoms with Gasteiger partial charge in [0.2, 0.25) is 0 Å². The maximum absolute atomic E-state index is 5.55. The molecule has 0 atom stereocenters. The van der Waals surface area contributed by atoms with E-state index >= 15 is 0 Å². The number of likely N-dealkylation sites (tertiary alicyclic amines) is 1. The molecule has 2 nitrogen and oxygen atoms in total. The summed E-state index contributed by atoms with van der Waals surface area (Å²) in [7, 11) is 0. The molecule has 1 aliphatic carbocycles. The molecule has 0 aromatic heterocycles. The van der Waals surface area contributed by atoms with Crippen LogP contribution < -0.4 is 0 Å². The van der Waals surface area contributed by atoms with Crippen LogP contribution in [-0.2, 0) is 4.18 Å². The van der Waals surface area contributed by atoms with E-state index < -0.39 is 0 Å². The molecular weight excluding hydrogens is 182 g/mol. The molecule has 76 valence electrons. The smallest absolute Gasteiger partial charge is 0.0746 e. The average molecular weight is 201 g/mol. The predicted molar refractivity (Wildman–Crippen MR) is 56.8 cm³/mol. The molecule has 0 radical (unpaired) electrons. The van der Waals surface area contributed by atoms with Crippen LogP contribution in [0.4, 0.5) is 0 Å². The lowest BCUT2D eigenvalue weighted by Gasteiger charge is -2.41. The molecule has 1 saturated carbocycles. The highest BCUT2D eigenvalue weighted by Gasteiger charge is 2.28. The Morgan fingerprint density at radius 2 is 1.85 bits per heavy atom. The minimum absolute atomic E-state index is 0.520. The van der Waals surface area contributed by atoms with E-state index in [9.17, 15) is 0 Å². The summed E-state index contributed by atoms with van der Waals surface area (Å²) in [6, 6.07) is 0.926. The van der Waals surface area contributed by atoms with E-state index in [1.807, 2.05) is 6.26 Å². The lowest BCUT2D eigenvalue weighted by molar-refractivity contribution is 0.0576. The third-order valence-electron chi connectivity index (χ3n) is 3.30. The summed E-state index contributed by atoms with van der Waals surface area (Å²) in [6.07, 6.45) is 9.33. The van der Waals surface area contributed by atoms with E-state index in [0.29, 0.717) is 6.10 Å². The van der Waals surface area contributed by atoms with Crippen molar-refractivity contribution < 1.29 is 4.18 Å². The van der Waals surface area contributed by atoms with E-state index in [2.05, 4.69) is 4.90 Å². The molecule has 2 rings (SSSR count). The minimum Gasteiger partial charge on any atom is -0.312 e. The summed E-state index contributed by atoms with van der Waals surface area (Å²) in [5, 5.41) is 0. The molecule has 0 amide bonds. The summed E-state index contributed by atoms with van der Waals surface area (Å²) in [5.74, 6) is 0. The Kier molecular flexibility index (Phi) is 3.52. The van der Waals surface area contributed by atoms with Crippen molar-refractivity contribution in [3.05, 3.63) is 0 Å². The molecule has 2 fully saturated rings. The van der Waals surface area contributed by atoms with Gasteiger partial charge in [-0.1, -0.05) is 6.42 Å². The third kappa shape index (κ3) is 2.39. The zero-order valence-electron chi connectivity index (χ0n) is 8.37. The van der Waals surface area contributed by atoms with Gasteiger partial charge in [-0.2, -0.15) is 0 Å². The average Bonchev–Trinajstić information content (AvgIpc) is 2.06. The van der Waals surface area contributed by atoms with Crippen LogP contribution in [0.25, 0.3) is 0 Å². The van der Waals surface area contributed by atoms with Gasteiger partial charge in [-0.05, 0) is 37.7 Å². The van der Waals surface area contributed by atoms with E-state index in [0.717, 1.165) is 6.04 Å². The maximum atomic E-state index is 5.55. The van der Waals surface area contributed by atoms with E-state index in [1.165, 1.54) is 57.2 Å². The van der Waals surface area contributed by atoms with Crippen LogP contribution in [-0.4, -0.2) is 36.4 Å². The second-order valence-corrected chi connectivity index (χ2v) is 4.61. The molecule has 0 aromatic rings. The molecule has 3 heteroatoms. The van der Waals surface area contributed by atoms with Crippen molar-refractivity contribution in [1.82, 2.24) is 4.90 Å². The van der Waals surface area contributed by atoms with Gasteiger partial charge in [0.25, 0.3) is 0 Å². The summed E-state index contributed by atoms with van der Waals surface area (Å²) < 4.78 is 5.55. The van der Waals surface area contributed by atoms with Crippen LogP contribution in [0.2, 0.25) is 0 Å². The molecule has 1 heterocycles. The van der Waals surface area contributed by atoms with Crippen LogP contribution in [0.3, 0.4) is 0 Å². The number of nitrogens with zero attached hydrogens (tertiary/aromatic N) is 1. The van der Waals surface area contributed by atoms with Crippen LogP contribution in [0.5, 0.6) is 0 Å². The fraction of sp³-hybridized carbons (Fsp3) is 1.00. The van der Waals surface area contributed by atoms with Crippen molar-refractivity contribution >= 4 is 12.0 Å². The quantitative estimate of drug-likeness (QED) is 0.650. The monoisotopic (exact) mass is 201 g/mol. The van der Waals surface area contributed by atoms with Gasteiger partial charge in [-0.3, -0.25) is 0 Å². The first kappa shape index (κ1) is 9.81. The topological polar surface area (TPSA) is 12.5 Å². The van der Waals surface area contributed by atoms with Crippen molar-refractivity contribution in [2.75, 3.05) is 19.3 Å². The number of piperidine rings is 1. The third-order valence-corrected chi connectivity index (χ3v) is 3.76. The maximum Gasteiger partial charge on any atom is 0.0746 e. The highest BCUT2D eigenvalue weighted by atomic mass is 32.2. The van der Waals surface area contributed by atoms with Crippen molar-refractivity contribution in [2.24, 2.45) is 0 Å². The molecule has 13 heavy (non-hydrogen) atoms. The first-order valence-electron chi connectivity index (χ1n) is 5.33. The van der Waals surface area contributed by atoms with Crippen LogP contribution >= 0.6 is 12.0 Å². The van der Waals surface area contributed by atoms with Gasteiger partial charge in [0.05, 0.1) is 6.10 Å². The van der Waals surface area contributed by atoms with Gasteiger partial charge >= 0.3 is 0 Å². The Labute approximate surface area is 85.2 Å². The fourth-order valence-corrected chi connectivity index (χ4v) is 2.69. The van der Waals surface area contributed by atoms with Crippen molar-refractivity contribution in [3.8, 4) is 0 Å². The molecule has 0 bridgehead atoms. The zero-order valence-corrected chi connectivity index (χ0v) is 9.18. The number of hydrogen-bond donors (Lipinski definition) is 0. The molecule has 2 aliphatic rings. The standard InChI is InChI=1S/C10H19NOS/c1-13-12-10-5-7-11(8-6-10)9-3-2-4-9/h9-10H,2-8H2,1H3. The molecular formula is C10H19NOS. The molecule has 0 spiro atoms. The lowest BCUT2D eigenvalue weighted by Crippen LogP contribution is -2.46. The Bertz CT molecular complexity index is 153. The normalized spacial score (nSPS) is 27.5. The van der Waals surface area contributed by atoms with Crippen LogP contribution in [0.15, 0.2) is 0 Å². The fourth-order valence-electron chi connectivity index (χ4n) is 2.23. The predicted octanol–water partition coefficient (Wildman–Crippen LogP) is 2.30. The van der Waals surface area contributed by atoms with Gasteiger partial charge in [0.1, 0.15) is 0 Å². The molecule has 0 aromatic carbocycles.